The van der Waals surface area contributed by atoms with Gasteiger partial charge in [-0.05, 0) is 43.9 Å². The second-order valence-corrected chi connectivity index (χ2v) is 7.50. The number of nitrogens with zero attached hydrogens (tertiary/aromatic N) is 1. The fourth-order valence-electron chi connectivity index (χ4n) is 2.97. The van der Waals surface area contributed by atoms with E-state index in [1.165, 1.54) is 12.4 Å². The van der Waals surface area contributed by atoms with Crippen molar-refractivity contribution in [3.8, 4) is 0 Å². The molecular formula is C23H21F7N2O4. The predicted molar refractivity (Wildman–Crippen MR) is 114 cm³/mol. The summed E-state index contributed by atoms with van der Waals surface area (Å²) in [5, 5.41) is 5.02. The Labute approximate surface area is 201 Å². The highest BCUT2D eigenvalue weighted by atomic mass is 19.4. The lowest BCUT2D eigenvalue weighted by Crippen LogP contribution is -2.25. The highest BCUT2D eigenvalue weighted by Gasteiger charge is 2.42. The van der Waals surface area contributed by atoms with Crippen molar-refractivity contribution in [2.24, 2.45) is 5.16 Å². The van der Waals surface area contributed by atoms with Crippen LogP contribution >= 0.6 is 0 Å². The zero-order valence-corrected chi connectivity index (χ0v) is 19.2. The van der Waals surface area contributed by atoms with Gasteiger partial charge < -0.3 is 14.9 Å². The van der Waals surface area contributed by atoms with Crippen molar-refractivity contribution in [1.29, 1.82) is 0 Å². The molecule has 6 nitrogen and oxygen atoms in total. The zero-order valence-electron chi connectivity index (χ0n) is 19.2. The molecule has 13 heteroatoms. The monoisotopic (exact) mass is 522 g/mol. The Morgan fingerprint density at radius 2 is 1.56 bits per heavy atom. The number of aryl methyl sites for hydroxylation is 1. The lowest BCUT2D eigenvalue weighted by atomic mass is 10.0. The van der Waals surface area contributed by atoms with Crippen molar-refractivity contribution >= 4 is 23.3 Å². The lowest BCUT2D eigenvalue weighted by Gasteiger charge is -2.15. The first kappa shape index (κ1) is 28.6. The number of halogens is 7. The number of benzene rings is 2. The van der Waals surface area contributed by atoms with Crippen LogP contribution in [-0.4, -0.2) is 30.8 Å². The third kappa shape index (κ3) is 6.73. The van der Waals surface area contributed by atoms with Gasteiger partial charge in [0.15, 0.2) is 23.3 Å². The summed E-state index contributed by atoms with van der Waals surface area (Å²) in [7, 11) is 1.26. The molecule has 0 fully saturated rings. The summed E-state index contributed by atoms with van der Waals surface area (Å²) in [6.45, 7) is 2.81. The Morgan fingerprint density at radius 3 is 2.03 bits per heavy atom. The number of carbonyl (C=O) groups is 2. The van der Waals surface area contributed by atoms with Gasteiger partial charge in [0.05, 0.1) is 12.7 Å². The van der Waals surface area contributed by atoms with Crippen molar-refractivity contribution in [1.82, 2.24) is 0 Å². The number of methoxy groups -OCH3 is 1. The minimum absolute atomic E-state index is 0.372. The number of rotatable bonds is 9. The van der Waals surface area contributed by atoms with Crippen LogP contribution in [0.4, 0.5) is 36.4 Å². The fraction of sp³-hybridized carbons (Fsp3) is 0.348. The number of amides is 1. The Balaban J connectivity index is 2.07. The molecule has 1 unspecified atom stereocenters. The normalized spacial score (nSPS) is 12.8. The summed E-state index contributed by atoms with van der Waals surface area (Å²) >= 11 is 0. The van der Waals surface area contributed by atoms with Crippen LogP contribution in [-0.2, 0) is 27.0 Å². The molecule has 0 aliphatic heterocycles. The molecule has 2 aromatic carbocycles. The molecule has 2 aromatic rings. The van der Waals surface area contributed by atoms with Gasteiger partial charge in [0, 0.05) is 0 Å². The molecule has 1 amide bonds. The number of hydrogen-bond acceptors (Lipinski definition) is 5. The van der Waals surface area contributed by atoms with Crippen LogP contribution in [0.15, 0.2) is 29.4 Å². The van der Waals surface area contributed by atoms with Gasteiger partial charge in [-0.1, -0.05) is 24.2 Å². The van der Waals surface area contributed by atoms with E-state index < -0.39 is 64.4 Å². The van der Waals surface area contributed by atoms with Crippen molar-refractivity contribution in [2.75, 3.05) is 12.4 Å². The number of nitrogens with one attached hydrogen (secondary N) is 1. The number of ether oxygens (including phenoxy) is 1. The zero-order chi connectivity index (χ0) is 27.2. The van der Waals surface area contributed by atoms with E-state index in [1.807, 2.05) is 0 Å². The summed E-state index contributed by atoms with van der Waals surface area (Å²) in [6, 6.07) is 6.60. The number of alkyl halides is 3. The van der Waals surface area contributed by atoms with E-state index >= 15 is 0 Å². The molecular weight excluding hydrogens is 501 g/mol. The Kier molecular flexibility index (Phi) is 9.42. The first-order valence-electron chi connectivity index (χ1n) is 10.4. The van der Waals surface area contributed by atoms with Gasteiger partial charge in [-0.25, -0.2) is 22.4 Å². The van der Waals surface area contributed by atoms with E-state index in [1.54, 1.807) is 31.2 Å². The van der Waals surface area contributed by atoms with Gasteiger partial charge >= 0.3 is 12.1 Å². The summed E-state index contributed by atoms with van der Waals surface area (Å²) in [4.78, 5) is 28.9. The van der Waals surface area contributed by atoms with Crippen LogP contribution < -0.4 is 5.32 Å². The number of esters is 1. The summed E-state index contributed by atoms with van der Waals surface area (Å²) in [5.41, 5.74) is -3.78. The van der Waals surface area contributed by atoms with E-state index in [0.717, 1.165) is 12.5 Å². The smallest absolute Gasteiger partial charge is 0.422 e. The van der Waals surface area contributed by atoms with Crippen LogP contribution in [0.5, 0.6) is 0 Å². The molecule has 1 atom stereocenters. The van der Waals surface area contributed by atoms with Gasteiger partial charge in [-0.3, -0.25) is 4.79 Å². The van der Waals surface area contributed by atoms with Gasteiger partial charge in [0.25, 0.3) is 5.91 Å². The predicted octanol–water partition coefficient (Wildman–Crippen LogP) is 5.79. The molecule has 2 rings (SSSR count). The highest BCUT2D eigenvalue weighted by Crippen LogP contribution is 2.38. The Hall–Kier alpha value is -3.64. The molecule has 0 aromatic heterocycles. The molecule has 0 aliphatic rings. The maximum atomic E-state index is 14.0. The third-order valence-corrected chi connectivity index (χ3v) is 5.04. The summed E-state index contributed by atoms with van der Waals surface area (Å²) < 4.78 is 98.1. The molecule has 1 N–H and O–H groups in total. The molecule has 0 saturated heterocycles. The minimum atomic E-state index is -5.71. The van der Waals surface area contributed by atoms with E-state index in [2.05, 4.69) is 9.89 Å². The lowest BCUT2D eigenvalue weighted by molar-refractivity contribution is -0.143. The number of oxime groups is 1. The maximum Gasteiger partial charge on any atom is 0.422 e. The first-order valence-corrected chi connectivity index (χ1v) is 10.4. The third-order valence-electron chi connectivity index (χ3n) is 5.04. The number of anilines is 1. The molecule has 0 aliphatic carbocycles. The minimum Gasteiger partial charge on any atom is -0.465 e. The van der Waals surface area contributed by atoms with Crippen LogP contribution in [0.25, 0.3) is 0 Å². The summed E-state index contributed by atoms with van der Waals surface area (Å²) in [6.07, 6.45) is -4.85. The van der Waals surface area contributed by atoms with Gasteiger partial charge in [0.1, 0.15) is 23.1 Å². The molecule has 36 heavy (non-hydrogen) atoms. The van der Waals surface area contributed by atoms with Gasteiger partial charge in [0.2, 0.25) is 0 Å². The van der Waals surface area contributed by atoms with E-state index in [4.69, 9.17) is 4.84 Å². The van der Waals surface area contributed by atoms with Crippen molar-refractivity contribution in [3.05, 3.63) is 64.2 Å². The average molecular weight is 522 g/mol. The van der Waals surface area contributed by atoms with Crippen molar-refractivity contribution in [2.45, 2.75) is 45.4 Å². The molecule has 0 spiro atoms. The van der Waals surface area contributed by atoms with Crippen LogP contribution in [0, 0.1) is 23.3 Å². The average Bonchev–Trinajstić information content (AvgIpc) is 2.84. The summed E-state index contributed by atoms with van der Waals surface area (Å²) in [5.74, 6) is -12.1. The molecule has 0 saturated carbocycles. The topological polar surface area (TPSA) is 77.0 Å². The number of carbonyl (C=O) groups excluding carboxylic acids is 2. The fourth-order valence-corrected chi connectivity index (χ4v) is 2.97. The SMILES string of the molecule is CCC(CCc1ccc(C(=O)OC)cc1)O/N=C(\C)C(=O)Nc1c(F)c(F)c(C(F)(F)F)c(F)c1F. The van der Waals surface area contributed by atoms with Crippen molar-refractivity contribution in [3.63, 3.8) is 0 Å². The molecule has 0 heterocycles. The largest absolute Gasteiger partial charge is 0.465 e. The van der Waals surface area contributed by atoms with Crippen molar-refractivity contribution < 1.29 is 49.9 Å². The Bertz CT molecular complexity index is 1120. The molecule has 0 bridgehead atoms. The molecule has 196 valence electrons. The van der Waals surface area contributed by atoms with E-state index in [9.17, 15) is 40.3 Å². The quantitative estimate of drug-likeness (QED) is 0.149. The second-order valence-electron chi connectivity index (χ2n) is 7.50. The molecule has 0 radical (unpaired) electrons. The van der Waals surface area contributed by atoms with Gasteiger partial charge in [-0.15, -0.1) is 0 Å². The maximum absolute atomic E-state index is 14.0. The van der Waals surface area contributed by atoms with E-state index in [-0.39, 0.29) is 0 Å². The highest BCUT2D eigenvalue weighted by molar-refractivity contribution is 6.42. The second kappa shape index (κ2) is 11.9. The van der Waals surface area contributed by atoms with Crippen LogP contribution in [0.1, 0.15) is 48.2 Å². The number of hydrogen-bond donors (Lipinski definition) is 1. The van der Waals surface area contributed by atoms with Gasteiger partial charge in [-0.2, -0.15) is 13.2 Å². The van der Waals surface area contributed by atoms with Crippen LogP contribution in [0.3, 0.4) is 0 Å². The van der Waals surface area contributed by atoms with Crippen LogP contribution in [0.2, 0.25) is 0 Å². The standard InChI is InChI=1S/C23H21F7N2O4/c1-4-14(10-7-12-5-8-13(9-6-12)22(34)35-3)36-32-11(2)21(33)31-20-18(26)16(24)15(23(28,29)30)17(25)19(20)27/h5-6,8-9,14H,4,7,10H2,1-3H3,(H,31,33)/b32-11+. The first-order chi connectivity index (χ1) is 16.8. The Morgan fingerprint density at radius 1 is 1.00 bits per heavy atom. The van der Waals surface area contributed by atoms with E-state index in [0.29, 0.717) is 24.8 Å².